The molecule has 2 aromatic heterocycles. The molecule has 0 radical (unpaired) electrons. The molecule has 2 atom stereocenters. The first kappa shape index (κ1) is 14.6. The van der Waals surface area contributed by atoms with Gasteiger partial charge in [-0.1, -0.05) is 0 Å². The van der Waals surface area contributed by atoms with Crippen LogP contribution in [0.4, 0.5) is 10.3 Å². The van der Waals surface area contributed by atoms with E-state index in [4.69, 9.17) is 4.74 Å². The number of hydrogen-bond donors (Lipinski definition) is 1. The fourth-order valence-corrected chi connectivity index (χ4v) is 2.56. The number of aliphatic hydroxyl groups is 1. The molecular weight excluding hydrogens is 289 g/mol. The Morgan fingerprint density at radius 1 is 1.32 bits per heavy atom. The molecule has 1 N–H and O–H groups in total. The Bertz CT molecular complexity index is 642. The lowest BCUT2D eigenvalue weighted by Crippen LogP contribution is -2.23. The Hall–Kier alpha value is -2.35. The third kappa shape index (κ3) is 2.96. The second-order valence-electron chi connectivity index (χ2n) is 5.16. The van der Waals surface area contributed by atoms with Gasteiger partial charge in [-0.25, -0.2) is 4.98 Å². The van der Waals surface area contributed by atoms with Crippen LogP contribution >= 0.6 is 0 Å². The highest BCUT2D eigenvalue weighted by atomic mass is 19.1. The highest BCUT2D eigenvalue weighted by molar-refractivity contribution is 5.35. The average Bonchev–Trinajstić information content (AvgIpc) is 2.90. The summed E-state index contributed by atoms with van der Waals surface area (Å²) in [7, 11) is 1.35. The summed E-state index contributed by atoms with van der Waals surface area (Å²) < 4.78 is 18.2. The second-order valence-corrected chi connectivity index (χ2v) is 5.16. The third-order valence-corrected chi connectivity index (χ3v) is 3.67. The molecule has 0 aliphatic carbocycles. The van der Waals surface area contributed by atoms with Crippen LogP contribution in [0.2, 0.25) is 0 Å². The van der Waals surface area contributed by atoms with Gasteiger partial charge in [0.2, 0.25) is 11.8 Å². The maximum Gasteiger partial charge on any atom is 0.255 e. The van der Waals surface area contributed by atoms with Crippen molar-refractivity contribution in [2.45, 2.75) is 12.5 Å². The van der Waals surface area contributed by atoms with Crippen LogP contribution in [0.1, 0.15) is 5.69 Å². The van der Waals surface area contributed by atoms with Crippen LogP contribution in [-0.4, -0.2) is 51.3 Å². The van der Waals surface area contributed by atoms with Crippen molar-refractivity contribution >= 4 is 5.95 Å². The van der Waals surface area contributed by atoms with Gasteiger partial charge in [0.05, 0.1) is 25.1 Å². The predicted molar refractivity (Wildman–Crippen MR) is 76.0 cm³/mol. The van der Waals surface area contributed by atoms with Crippen molar-refractivity contribution in [2.24, 2.45) is 5.92 Å². The molecule has 0 unspecified atom stereocenters. The van der Waals surface area contributed by atoms with Gasteiger partial charge in [-0.3, -0.25) is 9.97 Å². The number of aliphatic hydroxyl groups excluding tert-OH is 1. The van der Waals surface area contributed by atoms with Gasteiger partial charge >= 0.3 is 0 Å². The minimum Gasteiger partial charge on any atom is -0.479 e. The van der Waals surface area contributed by atoms with E-state index in [0.717, 1.165) is 11.9 Å². The zero-order chi connectivity index (χ0) is 15.5. The number of aromatic nitrogens is 4. The molecule has 7 nitrogen and oxygen atoms in total. The van der Waals surface area contributed by atoms with Gasteiger partial charge in [0.1, 0.15) is 0 Å². The predicted octanol–water partition coefficient (Wildman–Crippen LogP) is 0.454. The largest absolute Gasteiger partial charge is 0.479 e. The molecule has 1 saturated heterocycles. The topological polar surface area (TPSA) is 84.3 Å². The number of ether oxygens (including phenoxy) is 1. The molecule has 0 spiro atoms. The van der Waals surface area contributed by atoms with Crippen molar-refractivity contribution in [3.8, 4) is 5.88 Å². The normalized spacial score (nSPS) is 21.1. The average molecular weight is 305 g/mol. The second kappa shape index (κ2) is 6.18. The van der Waals surface area contributed by atoms with E-state index in [1.165, 1.54) is 7.11 Å². The number of halogens is 1. The molecule has 0 amide bonds. The van der Waals surface area contributed by atoms with Crippen LogP contribution in [0.15, 0.2) is 24.8 Å². The Morgan fingerprint density at radius 2 is 2.18 bits per heavy atom. The first-order valence-electron chi connectivity index (χ1n) is 6.92. The van der Waals surface area contributed by atoms with Gasteiger partial charge in [-0.2, -0.15) is 9.37 Å². The fraction of sp³-hybridized carbons (Fsp3) is 0.429. The number of nitrogens with zero attached hydrogens (tertiary/aromatic N) is 5. The molecule has 116 valence electrons. The van der Waals surface area contributed by atoms with Crippen molar-refractivity contribution in [1.29, 1.82) is 0 Å². The fourth-order valence-electron chi connectivity index (χ4n) is 2.56. The standard InChI is InChI=1S/C14H16FN5O2/c1-22-13-11(15)6-18-14(19-13)20-7-9(12(21)8-20)4-10-5-16-2-3-17-10/h2-3,5-6,9,12,21H,4,7-8H2,1H3/t9-,12-/m1/s1. The quantitative estimate of drug-likeness (QED) is 0.878. The van der Waals surface area contributed by atoms with Crippen LogP contribution < -0.4 is 9.64 Å². The molecule has 0 saturated carbocycles. The molecule has 0 bridgehead atoms. The molecule has 3 heterocycles. The van der Waals surface area contributed by atoms with Gasteiger partial charge < -0.3 is 14.7 Å². The van der Waals surface area contributed by atoms with Gasteiger partial charge in [0.15, 0.2) is 0 Å². The van der Waals surface area contributed by atoms with E-state index < -0.39 is 11.9 Å². The van der Waals surface area contributed by atoms with Crippen molar-refractivity contribution in [3.63, 3.8) is 0 Å². The van der Waals surface area contributed by atoms with E-state index in [9.17, 15) is 9.50 Å². The Kier molecular flexibility index (Phi) is 4.10. The van der Waals surface area contributed by atoms with Crippen molar-refractivity contribution < 1.29 is 14.2 Å². The summed E-state index contributed by atoms with van der Waals surface area (Å²) in [5, 5.41) is 10.2. The summed E-state index contributed by atoms with van der Waals surface area (Å²) in [6.07, 6.45) is 6.09. The highest BCUT2D eigenvalue weighted by Gasteiger charge is 2.33. The maximum atomic E-state index is 13.4. The van der Waals surface area contributed by atoms with Gasteiger partial charge in [-0.05, 0) is 6.42 Å². The Morgan fingerprint density at radius 3 is 2.91 bits per heavy atom. The molecule has 1 aliphatic rings. The molecule has 3 rings (SSSR count). The smallest absolute Gasteiger partial charge is 0.255 e. The molecule has 1 fully saturated rings. The van der Waals surface area contributed by atoms with Crippen LogP contribution in [-0.2, 0) is 6.42 Å². The lowest BCUT2D eigenvalue weighted by Gasteiger charge is -2.16. The van der Waals surface area contributed by atoms with Crippen LogP contribution in [0, 0.1) is 11.7 Å². The van der Waals surface area contributed by atoms with Crippen LogP contribution in [0.3, 0.4) is 0 Å². The summed E-state index contributed by atoms with van der Waals surface area (Å²) in [6, 6.07) is 0. The van der Waals surface area contributed by atoms with Crippen LogP contribution in [0.5, 0.6) is 5.88 Å². The van der Waals surface area contributed by atoms with E-state index in [1.807, 2.05) is 4.90 Å². The van der Waals surface area contributed by atoms with Crippen LogP contribution in [0.25, 0.3) is 0 Å². The van der Waals surface area contributed by atoms with E-state index in [0.29, 0.717) is 25.5 Å². The molecule has 2 aromatic rings. The number of rotatable bonds is 4. The summed E-state index contributed by atoms with van der Waals surface area (Å²) in [5.74, 6) is -0.366. The summed E-state index contributed by atoms with van der Waals surface area (Å²) in [5.41, 5.74) is 0.825. The minimum absolute atomic E-state index is 0.00338. The lowest BCUT2D eigenvalue weighted by molar-refractivity contribution is 0.147. The number of anilines is 1. The van der Waals surface area contributed by atoms with E-state index in [-0.39, 0.29) is 11.8 Å². The monoisotopic (exact) mass is 305 g/mol. The van der Waals surface area contributed by atoms with Crippen molar-refractivity contribution in [1.82, 2.24) is 19.9 Å². The zero-order valence-corrected chi connectivity index (χ0v) is 12.1. The number of methoxy groups -OCH3 is 1. The van der Waals surface area contributed by atoms with Crippen molar-refractivity contribution in [2.75, 3.05) is 25.1 Å². The van der Waals surface area contributed by atoms with E-state index >= 15 is 0 Å². The zero-order valence-electron chi connectivity index (χ0n) is 12.1. The first-order chi connectivity index (χ1) is 10.7. The molecule has 0 aromatic carbocycles. The van der Waals surface area contributed by atoms with E-state index in [2.05, 4.69) is 19.9 Å². The SMILES string of the molecule is COc1nc(N2C[C@@H](Cc3cnccn3)[C@H](O)C2)ncc1F. The maximum absolute atomic E-state index is 13.4. The van der Waals surface area contributed by atoms with Gasteiger partial charge in [0.25, 0.3) is 5.88 Å². The molecule has 22 heavy (non-hydrogen) atoms. The third-order valence-electron chi connectivity index (χ3n) is 3.67. The Balaban J connectivity index is 1.73. The molecule has 1 aliphatic heterocycles. The molecular formula is C14H16FN5O2. The molecule has 8 heteroatoms. The van der Waals surface area contributed by atoms with Gasteiger partial charge in [-0.15, -0.1) is 0 Å². The van der Waals surface area contributed by atoms with Gasteiger partial charge in [0, 0.05) is 37.6 Å². The number of β-amino-alcohol motifs (C(OH)–C–C–N with tert-alkyl or cyclic N) is 1. The lowest BCUT2D eigenvalue weighted by atomic mass is 10.0. The first-order valence-corrected chi connectivity index (χ1v) is 6.92. The summed E-state index contributed by atoms with van der Waals surface area (Å²) in [4.78, 5) is 18.0. The summed E-state index contributed by atoms with van der Waals surface area (Å²) >= 11 is 0. The van der Waals surface area contributed by atoms with Crippen molar-refractivity contribution in [3.05, 3.63) is 36.3 Å². The minimum atomic E-state index is -0.609. The van der Waals surface area contributed by atoms with E-state index in [1.54, 1.807) is 18.6 Å². The number of hydrogen-bond acceptors (Lipinski definition) is 7. The Labute approximate surface area is 126 Å². The highest BCUT2D eigenvalue weighted by Crippen LogP contribution is 2.25. The summed E-state index contributed by atoms with van der Waals surface area (Å²) in [6.45, 7) is 0.951.